The maximum atomic E-state index is 12.3. The standard InChI is InChI=1S/C11H9ClF3NO4S/c12-21(18,19)6-1-2-9-7(5-6)8(3-4-20-9)16-10(17)11(13,14)15/h1-2,5,8H,3-4H2,(H,16,17). The lowest BCUT2D eigenvalue weighted by atomic mass is 10.0. The van der Waals surface area contributed by atoms with Gasteiger partial charge in [0.25, 0.3) is 9.05 Å². The molecule has 1 heterocycles. The molecule has 116 valence electrons. The molecule has 1 amide bonds. The van der Waals surface area contributed by atoms with E-state index >= 15 is 0 Å². The first kappa shape index (κ1) is 15.9. The van der Waals surface area contributed by atoms with Crippen molar-refractivity contribution in [2.75, 3.05) is 6.61 Å². The Morgan fingerprint density at radius 2 is 2.05 bits per heavy atom. The van der Waals surface area contributed by atoms with E-state index in [0.29, 0.717) is 0 Å². The summed E-state index contributed by atoms with van der Waals surface area (Å²) in [5.41, 5.74) is 0.139. The van der Waals surface area contributed by atoms with E-state index in [0.717, 1.165) is 6.07 Å². The Morgan fingerprint density at radius 1 is 1.38 bits per heavy atom. The van der Waals surface area contributed by atoms with Crippen LogP contribution in [0.15, 0.2) is 23.1 Å². The smallest absolute Gasteiger partial charge is 0.471 e. The number of carbonyl (C=O) groups excluding carboxylic acids is 1. The molecule has 0 bridgehead atoms. The quantitative estimate of drug-likeness (QED) is 0.835. The lowest BCUT2D eigenvalue weighted by Crippen LogP contribution is -2.40. The lowest BCUT2D eigenvalue weighted by molar-refractivity contribution is -0.174. The third-order valence-corrected chi connectivity index (χ3v) is 4.22. The third-order valence-electron chi connectivity index (χ3n) is 2.87. The molecule has 10 heteroatoms. The molecule has 1 atom stereocenters. The minimum atomic E-state index is -5.02. The summed E-state index contributed by atoms with van der Waals surface area (Å²) in [7, 11) is 1.16. The van der Waals surface area contributed by atoms with Crippen LogP contribution in [0, 0.1) is 0 Å². The van der Waals surface area contributed by atoms with Gasteiger partial charge in [-0.2, -0.15) is 13.2 Å². The maximum absolute atomic E-state index is 12.3. The van der Waals surface area contributed by atoms with Crippen molar-refractivity contribution in [3.63, 3.8) is 0 Å². The molecule has 0 spiro atoms. The van der Waals surface area contributed by atoms with Crippen LogP contribution in [0.5, 0.6) is 5.75 Å². The number of rotatable bonds is 2. The average Bonchev–Trinajstić information content (AvgIpc) is 2.36. The molecule has 0 aromatic heterocycles. The summed E-state index contributed by atoms with van der Waals surface area (Å²) in [5.74, 6) is -1.89. The highest BCUT2D eigenvalue weighted by molar-refractivity contribution is 8.13. The van der Waals surface area contributed by atoms with E-state index in [1.165, 1.54) is 12.1 Å². The van der Waals surface area contributed by atoms with Crippen molar-refractivity contribution in [3.8, 4) is 5.75 Å². The first-order valence-electron chi connectivity index (χ1n) is 5.68. The van der Waals surface area contributed by atoms with Crippen molar-refractivity contribution in [3.05, 3.63) is 23.8 Å². The van der Waals surface area contributed by atoms with E-state index < -0.39 is 27.2 Å². The average molecular weight is 344 g/mol. The Labute approximate surface area is 122 Å². The fourth-order valence-corrected chi connectivity index (χ4v) is 2.70. The number of nitrogens with one attached hydrogen (secondary N) is 1. The second-order valence-electron chi connectivity index (χ2n) is 4.30. The Bertz CT molecular complexity index is 675. The Morgan fingerprint density at radius 3 is 2.62 bits per heavy atom. The number of halogens is 4. The predicted octanol–water partition coefficient (Wildman–Crippen LogP) is 2.12. The molecule has 21 heavy (non-hydrogen) atoms. The molecule has 1 N–H and O–H groups in total. The molecular formula is C11H9ClF3NO4S. The van der Waals surface area contributed by atoms with Gasteiger partial charge in [0.1, 0.15) is 5.75 Å². The topological polar surface area (TPSA) is 72.5 Å². The second kappa shape index (κ2) is 5.38. The molecule has 5 nitrogen and oxygen atoms in total. The van der Waals surface area contributed by atoms with Crippen LogP contribution in [0.25, 0.3) is 0 Å². The van der Waals surface area contributed by atoms with Crippen LogP contribution in [0.4, 0.5) is 13.2 Å². The van der Waals surface area contributed by atoms with Gasteiger partial charge in [0.2, 0.25) is 0 Å². The molecule has 1 aromatic carbocycles. The molecule has 1 aromatic rings. The number of hydrogen-bond donors (Lipinski definition) is 1. The number of benzene rings is 1. The van der Waals surface area contributed by atoms with Crippen LogP contribution >= 0.6 is 10.7 Å². The number of alkyl halides is 3. The fourth-order valence-electron chi connectivity index (χ4n) is 1.91. The molecule has 0 radical (unpaired) electrons. The first-order chi connectivity index (χ1) is 9.59. The second-order valence-corrected chi connectivity index (χ2v) is 6.86. The molecule has 0 saturated carbocycles. The van der Waals surface area contributed by atoms with Gasteiger partial charge in [-0.15, -0.1) is 0 Å². The van der Waals surface area contributed by atoms with Crippen molar-refractivity contribution in [2.24, 2.45) is 0 Å². The molecule has 2 rings (SSSR count). The summed E-state index contributed by atoms with van der Waals surface area (Å²) in [4.78, 5) is 10.7. The van der Waals surface area contributed by atoms with Crippen LogP contribution in [0.2, 0.25) is 0 Å². The summed E-state index contributed by atoms with van der Waals surface area (Å²) in [6, 6.07) is 2.56. The molecule has 1 aliphatic heterocycles. The van der Waals surface area contributed by atoms with E-state index in [-0.39, 0.29) is 29.2 Å². The van der Waals surface area contributed by atoms with Crippen LogP contribution in [-0.2, 0) is 13.8 Å². The van der Waals surface area contributed by atoms with Crippen LogP contribution in [0.1, 0.15) is 18.0 Å². The zero-order valence-corrected chi connectivity index (χ0v) is 11.8. The van der Waals surface area contributed by atoms with Crippen molar-refractivity contribution < 1.29 is 31.1 Å². The number of amides is 1. The minimum absolute atomic E-state index is 0.0839. The lowest BCUT2D eigenvalue weighted by Gasteiger charge is -2.27. The monoisotopic (exact) mass is 343 g/mol. The minimum Gasteiger partial charge on any atom is -0.493 e. The number of ether oxygens (including phenoxy) is 1. The van der Waals surface area contributed by atoms with E-state index in [4.69, 9.17) is 15.4 Å². The van der Waals surface area contributed by atoms with Crippen molar-refractivity contribution >= 4 is 25.6 Å². The fraction of sp³-hybridized carbons (Fsp3) is 0.364. The number of fused-ring (bicyclic) bond motifs is 1. The van der Waals surface area contributed by atoms with Gasteiger partial charge in [-0.25, -0.2) is 8.42 Å². The zero-order valence-electron chi connectivity index (χ0n) is 10.3. The van der Waals surface area contributed by atoms with Crippen LogP contribution < -0.4 is 10.1 Å². The Kier molecular flexibility index (Phi) is 4.07. The highest BCUT2D eigenvalue weighted by Crippen LogP contribution is 2.35. The van der Waals surface area contributed by atoms with E-state index in [2.05, 4.69) is 0 Å². The van der Waals surface area contributed by atoms with Gasteiger partial charge < -0.3 is 10.1 Å². The summed E-state index contributed by atoms with van der Waals surface area (Å²) >= 11 is 0. The SMILES string of the molecule is O=C(NC1CCOc2ccc(S(=O)(=O)Cl)cc21)C(F)(F)F. The summed E-state index contributed by atoms with van der Waals surface area (Å²) in [6.45, 7) is 0.1000. The zero-order chi connectivity index (χ0) is 15.8. The van der Waals surface area contributed by atoms with E-state index in [9.17, 15) is 26.4 Å². The normalized spacial score (nSPS) is 18.6. The molecule has 0 aliphatic carbocycles. The summed E-state index contributed by atoms with van der Waals surface area (Å²) in [5, 5.41) is 1.81. The molecule has 1 unspecified atom stereocenters. The molecular weight excluding hydrogens is 335 g/mol. The molecule has 0 fully saturated rings. The molecule has 0 saturated heterocycles. The van der Waals surface area contributed by atoms with Crippen LogP contribution in [-0.4, -0.2) is 27.1 Å². The first-order valence-corrected chi connectivity index (χ1v) is 7.99. The highest BCUT2D eigenvalue weighted by atomic mass is 35.7. The van der Waals surface area contributed by atoms with Gasteiger partial charge >= 0.3 is 12.1 Å². The van der Waals surface area contributed by atoms with Crippen LogP contribution in [0.3, 0.4) is 0 Å². The van der Waals surface area contributed by atoms with Gasteiger partial charge in [0.05, 0.1) is 17.5 Å². The van der Waals surface area contributed by atoms with Gasteiger partial charge in [0.15, 0.2) is 0 Å². The number of hydrogen-bond acceptors (Lipinski definition) is 4. The predicted molar refractivity (Wildman–Crippen MR) is 66.5 cm³/mol. The van der Waals surface area contributed by atoms with Crippen molar-refractivity contribution in [1.82, 2.24) is 5.32 Å². The Hall–Kier alpha value is -1.48. The largest absolute Gasteiger partial charge is 0.493 e. The summed E-state index contributed by atoms with van der Waals surface area (Å²) in [6.07, 6.45) is -4.94. The maximum Gasteiger partial charge on any atom is 0.471 e. The highest BCUT2D eigenvalue weighted by Gasteiger charge is 2.40. The Balaban J connectivity index is 2.36. The van der Waals surface area contributed by atoms with Crippen molar-refractivity contribution in [1.29, 1.82) is 0 Å². The van der Waals surface area contributed by atoms with E-state index in [1.807, 2.05) is 5.32 Å². The van der Waals surface area contributed by atoms with Gasteiger partial charge in [-0.05, 0) is 18.2 Å². The molecule has 1 aliphatic rings. The van der Waals surface area contributed by atoms with Gasteiger partial charge in [0, 0.05) is 22.7 Å². The third kappa shape index (κ3) is 3.59. The van der Waals surface area contributed by atoms with Gasteiger partial charge in [-0.1, -0.05) is 0 Å². The van der Waals surface area contributed by atoms with E-state index in [1.54, 1.807) is 0 Å². The number of carbonyl (C=O) groups is 1. The van der Waals surface area contributed by atoms with Crippen molar-refractivity contribution in [2.45, 2.75) is 23.5 Å². The van der Waals surface area contributed by atoms with Gasteiger partial charge in [-0.3, -0.25) is 4.79 Å². The summed E-state index contributed by atoms with van der Waals surface area (Å²) < 4.78 is 64.6.